The molecule has 0 saturated carbocycles. The van der Waals surface area contributed by atoms with E-state index in [1.807, 2.05) is 16.8 Å². The van der Waals surface area contributed by atoms with Crippen LogP contribution in [0.1, 0.15) is 11.5 Å². The maximum absolute atomic E-state index is 5.39. The molecular formula is C8H10N4O. The molecule has 5 nitrogen and oxygen atoms in total. The Kier molecular flexibility index (Phi) is 2.09. The molecule has 0 aromatic carbocycles. The highest BCUT2D eigenvalue weighted by atomic mass is 16.5. The quantitative estimate of drug-likeness (QED) is 0.737. The molecule has 2 aromatic rings. The van der Waals surface area contributed by atoms with Crippen LogP contribution in [0.5, 0.6) is 0 Å². The first-order chi connectivity index (χ1) is 6.38. The number of nitrogens with zero attached hydrogens (tertiary/aromatic N) is 3. The van der Waals surface area contributed by atoms with Crippen molar-refractivity contribution in [3.63, 3.8) is 0 Å². The number of hydrogen-bond donors (Lipinski definition) is 1. The first-order valence-corrected chi connectivity index (χ1v) is 3.99. The first kappa shape index (κ1) is 8.00. The molecule has 0 aliphatic heterocycles. The molecule has 13 heavy (non-hydrogen) atoms. The molecule has 0 amide bonds. The molecule has 5 heteroatoms. The van der Waals surface area contributed by atoms with E-state index in [4.69, 9.17) is 10.3 Å². The molecule has 68 valence electrons. The topological polar surface area (TPSA) is 69.9 Å². The number of nitrogens with two attached hydrogens (primary N) is 1. The zero-order chi connectivity index (χ0) is 9.10. The van der Waals surface area contributed by atoms with Gasteiger partial charge < -0.3 is 14.8 Å². The van der Waals surface area contributed by atoms with Gasteiger partial charge >= 0.3 is 0 Å². The fraction of sp³-hybridized carbons (Fsp3) is 0.250. The third kappa shape index (κ3) is 1.75. The maximum Gasteiger partial charge on any atom is 0.156 e. The van der Waals surface area contributed by atoms with Crippen LogP contribution in [0.15, 0.2) is 29.3 Å². The highest BCUT2D eigenvalue weighted by Crippen LogP contribution is 2.04. The highest BCUT2D eigenvalue weighted by molar-refractivity contribution is 5.05. The van der Waals surface area contributed by atoms with E-state index >= 15 is 0 Å². The second-order valence-electron chi connectivity index (χ2n) is 2.72. The summed E-state index contributed by atoms with van der Waals surface area (Å²) >= 11 is 0. The van der Waals surface area contributed by atoms with Crippen LogP contribution in [0.3, 0.4) is 0 Å². The summed E-state index contributed by atoms with van der Waals surface area (Å²) in [6.45, 7) is 1.06. The van der Waals surface area contributed by atoms with Gasteiger partial charge in [0.05, 0.1) is 18.6 Å². The largest absolute Gasteiger partial charge is 0.359 e. The fourth-order valence-electron chi connectivity index (χ4n) is 1.09. The minimum atomic E-state index is 0.410. The summed E-state index contributed by atoms with van der Waals surface area (Å²) in [5.41, 5.74) is 6.17. The van der Waals surface area contributed by atoms with E-state index in [1.54, 1.807) is 12.5 Å². The molecule has 2 N–H and O–H groups in total. The normalized spacial score (nSPS) is 10.5. The zero-order valence-corrected chi connectivity index (χ0v) is 7.05. The van der Waals surface area contributed by atoms with Crippen LogP contribution in [0.4, 0.5) is 0 Å². The number of aromatic nitrogens is 3. The molecule has 0 radical (unpaired) electrons. The Balaban J connectivity index is 2.10. The van der Waals surface area contributed by atoms with Gasteiger partial charge in [-0.15, -0.1) is 0 Å². The lowest BCUT2D eigenvalue weighted by molar-refractivity contribution is 0.371. The predicted octanol–water partition coefficient (Wildman–Crippen LogP) is 0.378. The molecule has 2 rings (SSSR count). The third-order valence-corrected chi connectivity index (χ3v) is 1.71. The van der Waals surface area contributed by atoms with Gasteiger partial charge in [0, 0.05) is 25.0 Å². The summed E-state index contributed by atoms with van der Waals surface area (Å²) in [4.78, 5) is 3.92. The van der Waals surface area contributed by atoms with Crippen LogP contribution in [0.25, 0.3) is 0 Å². The van der Waals surface area contributed by atoms with Gasteiger partial charge in [-0.05, 0) is 0 Å². The molecule has 2 heterocycles. The Morgan fingerprint density at radius 3 is 3.08 bits per heavy atom. The summed E-state index contributed by atoms with van der Waals surface area (Å²) in [7, 11) is 0. The monoisotopic (exact) mass is 178 g/mol. The Labute approximate surface area is 75.2 Å². The smallest absolute Gasteiger partial charge is 0.156 e. The lowest BCUT2D eigenvalue weighted by Gasteiger charge is -1.94. The van der Waals surface area contributed by atoms with Crippen molar-refractivity contribution in [2.45, 2.75) is 13.1 Å². The standard InChI is InChI=1S/C8H10N4O/c9-4-7-3-8(13-11-7)5-12-2-1-10-6-12/h1-3,6H,4-5,9H2. The molecule has 2 aromatic heterocycles. The van der Waals surface area contributed by atoms with E-state index in [0.29, 0.717) is 13.1 Å². The summed E-state index contributed by atoms with van der Waals surface area (Å²) in [6.07, 6.45) is 5.31. The van der Waals surface area contributed by atoms with Crippen LogP contribution in [0, 0.1) is 0 Å². The summed E-state index contributed by atoms with van der Waals surface area (Å²) < 4.78 is 6.95. The second kappa shape index (κ2) is 3.40. The van der Waals surface area contributed by atoms with Crippen LogP contribution in [-0.4, -0.2) is 14.7 Å². The maximum atomic E-state index is 5.39. The van der Waals surface area contributed by atoms with E-state index in [9.17, 15) is 0 Å². The average molecular weight is 178 g/mol. The summed E-state index contributed by atoms with van der Waals surface area (Å²) in [5.74, 6) is 0.790. The Hall–Kier alpha value is -1.62. The number of hydrogen-bond acceptors (Lipinski definition) is 4. The van der Waals surface area contributed by atoms with Crippen molar-refractivity contribution in [3.8, 4) is 0 Å². The molecule has 0 fully saturated rings. The first-order valence-electron chi connectivity index (χ1n) is 3.99. The molecule has 0 spiro atoms. The molecule has 0 bridgehead atoms. The molecular weight excluding hydrogens is 168 g/mol. The summed E-state index contributed by atoms with van der Waals surface area (Å²) in [6, 6.07) is 1.85. The Morgan fingerprint density at radius 1 is 1.54 bits per heavy atom. The Morgan fingerprint density at radius 2 is 2.46 bits per heavy atom. The van der Waals surface area contributed by atoms with Gasteiger partial charge in [-0.2, -0.15) is 0 Å². The van der Waals surface area contributed by atoms with Crippen molar-refractivity contribution in [2.75, 3.05) is 0 Å². The number of imidazole rings is 1. The zero-order valence-electron chi connectivity index (χ0n) is 7.05. The van der Waals surface area contributed by atoms with E-state index in [1.165, 1.54) is 0 Å². The van der Waals surface area contributed by atoms with Gasteiger partial charge in [-0.25, -0.2) is 4.98 Å². The van der Waals surface area contributed by atoms with E-state index < -0.39 is 0 Å². The van der Waals surface area contributed by atoms with Gasteiger partial charge in [0.25, 0.3) is 0 Å². The van der Waals surface area contributed by atoms with Crippen molar-refractivity contribution in [1.29, 1.82) is 0 Å². The molecule has 0 aliphatic rings. The van der Waals surface area contributed by atoms with E-state index in [2.05, 4.69) is 10.1 Å². The van der Waals surface area contributed by atoms with Crippen LogP contribution in [-0.2, 0) is 13.1 Å². The van der Waals surface area contributed by atoms with E-state index in [0.717, 1.165) is 11.5 Å². The van der Waals surface area contributed by atoms with Crippen molar-refractivity contribution < 1.29 is 4.52 Å². The highest BCUT2D eigenvalue weighted by Gasteiger charge is 2.02. The summed E-state index contributed by atoms with van der Waals surface area (Å²) in [5, 5.41) is 3.78. The van der Waals surface area contributed by atoms with Gasteiger partial charge in [-0.3, -0.25) is 0 Å². The molecule has 0 saturated heterocycles. The van der Waals surface area contributed by atoms with Crippen molar-refractivity contribution in [1.82, 2.24) is 14.7 Å². The van der Waals surface area contributed by atoms with Gasteiger partial charge in [0.1, 0.15) is 0 Å². The van der Waals surface area contributed by atoms with Gasteiger partial charge in [0.2, 0.25) is 0 Å². The van der Waals surface area contributed by atoms with Crippen molar-refractivity contribution >= 4 is 0 Å². The third-order valence-electron chi connectivity index (χ3n) is 1.71. The van der Waals surface area contributed by atoms with Gasteiger partial charge in [-0.1, -0.05) is 5.16 Å². The van der Waals surface area contributed by atoms with Crippen LogP contribution < -0.4 is 5.73 Å². The fourth-order valence-corrected chi connectivity index (χ4v) is 1.09. The lowest BCUT2D eigenvalue weighted by atomic mass is 10.3. The number of rotatable bonds is 3. The van der Waals surface area contributed by atoms with Gasteiger partial charge in [0.15, 0.2) is 5.76 Å². The minimum Gasteiger partial charge on any atom is -0.359 e. The van der Waals surface area contributed by atoms with Crippen LogP contribution in [0.2, 0.25) is 0 Å². The SMILES string of the molecule is NCc1cc(Cn2ccnc2)on1. The van der Waals surface area contributed by atoms with E-state index in [-0.39, 0.29) is 0 Å². The molecule has 0 aliphatic carbocycles. The second-order valence-corrected chi connectivity index (χ2v) is 2.72. The van der Waals surface area contributed by atoms with Crippen molar-refractivity contribution in [3.05, 3.63) is 36.2 Å². The average Bonchev–Trinajstić information content (AvgIpc) is 2.76. The van der Waals surface area contributed by atoms with Crippen LogP contribution >= 0.6 is 0 Å². The van der Waals surface area contributed by atoms with Crippen molar-refractivity contribution in [2.24, 2.45) is 5.73 Å². The minimum absolute atomic E-state index is 0.410. The Bertz CT molecular complexity index is 365. The predicted molar refractivity (Wildman–Crippen MR) is 45.7 cm³/mol. The molecule has 0 unspecified atom stereocenters. The molecule has 0 atom stereocenters. The lowest BCUT2D eigenvalue weighted by Crippen LogP contribution is -1.96.